The molecule has 0 atom stereocenters. The van der Waals surface area contributed by atoms with E-state index in [0.717, 1.165) is 23.5 Å². The number of thiophene rings is 1. The largest absolute Gasteiger partial charge is 0.321 e. The van der Waals surface area contributed by atoms with Crippen molar-refractivity contribution in [1.29, 1.82) is 0 Å². The second kappa shape index (κ2) is 5.75. The van der Waals surface area contributed by atoms with Gasteiger partial charge in [-0.15, -0.1) is 11.3 Å². The molecule has 0 saturated heterocycles. The summed E-state index contributed by atoms with van der Waals surface area (Å²) in [5.74, 6) is -2.58. The zero-order chi connectivity index (χ0) is 17.6. The zero-order valence-corrected chi connectivity index (χ0v) is 13.3. The third kappa shape index (κ3) is 2.66. The average Bonchev–Trinajstić information content (AvgIpc) is 3.03. The molecule has 1 N–H and O–H groups in total. The van der Waals surface area contributed by atoms with Crippen molar-refractivity contribution >= 4 is 38.8 Å². The van der Waals surface area contributed by atoms with E-state index in [-0.39, 0.29) is 16.1 Å². The molecule has 4 aromatic rings. The van der Waals surface area contributed by atoms with Crippen LogP contribution in [0.2, 0.25) is 0 Å². The number of hydrogen-bond acceptors (Lipinski definition) is 4. The highest BCUT2D eigenvalue weighted by Gasteiger charge is 2.15. The van der Waals surface area contributed by atoms with E-state index < -0.39 is 17.5 Å². The number of benzene rings is 1. The average molecular weight is 357 g/mol. The molecule has 1 amide bonds. The van der Waals surface area contributed by atoms with Gasteiger partial charge in [-0.2, -0.15) is 0 Å². The van der Waals surface area contributed by atoms with Gasteiger partial charge in [0.25, 0.3) is 11.5 Å². The van der Waals surface area contributed by atoms with E-state index in [0.29, 0.717) is 15.9 Å². The Morgan fingerprint density at radius 2 is 1.96 bits per heavy atom. The highest BCUT2D eigenvalue weighted by atomic mass is 32.1. The van der Waals surface area contributed by atoms with Gasteiger partial charge in [-0.25, -0.2) is 13.8 Å². The number of anilines is 1. The fourth-order valence-electron chi connectivity index (χ4n) is 2.43. The number of rotatable bonds is 2. The molecule has 0 aliphatic heterocycles. The van der Waals surface area contributed by atoms with E-state index in [9.17, 15) is 18.4 Å². The number of pyridine rings is 1. The second-order valence-electron chi connectivity index (χ2n) is 5.26. The Labute approximate surface area is 143 Å². The Hall–Kier alpha value is -3.13. The van der Waals surface area contributed by atoms with Gasteiger partial charge < -0.3 is 5.32 Å². The predicted molar refractivity (Wildman–Crippen MR) is 91.2 cm³/mol. The van der Waals surface area contributed by atoms with Gasteiger partial charge in [-0.1, -0.05) is 6.07 Å². The van der Waals surface area contributed by atoms with E-state index >= 15 is 0 Å². The maximum Gasteiger partial charge on any atom is 0.266 e. The van der Waals surface area contributed by atoms with Crippen LogP contribution < -0.4 is 10.9 Å². The third-order valence-corrected chi connectivity index (χ3v) is 4.65. The SMILES string of the molecule is O=C(Nc1ccc(F)c(F)c1)c1cc2c(=O)n3ccccc3nc2s1. The number of nitrogens with one attached hydrogen (secondary N) is 1. The lowest BCUT2D eigenvalue weighted by Crippen LogP contribution is -2.13. The van der Waals surface area contributed by atoms with Crippen LogP contribution in [0.25, 0.3) is 15.9 Å². The van der Waals surface area contributed by atoms with E-state index in [1.807, 2.05) is 0 Å². The standard InChI is InChI=1S/C17H9F2N3O2S/c18-11-5-4-9(7-12(11)19)20-15(23)13-8-10-16(25-13)21-14-3-1-2-6-22(14)17(10)24/h1-8H,(H,20,23). The van der Waals surface area contributed by atoms with Crippen LogP contribution in [-0.2, 0) is 0 Å². The van der Waals surface area contributed by atoms with Gasteiger partial charge in [0.2, 0.25) is 0 Å². The van der Waals surface area contributed by atoms with Gasteiger partial charge in [0, 0.05) is 18.0 Å². The van der Waals surface area contributed by atoms with Crippen LogP contribution in [0.1, 0.15) is 9.67 Å². The van der Waals surface area contributed by atoms with Gasteiger partial charge in [-0.05, 0) is 30.3 Å². The Morgan fingerprint density at radius 1 is 1.12 bits per heavy atom. The van der Waals surface area contributed by atoms with Crippen LogP contribution in [-0.4, -0.2) is 15.3 Å². The number of nitrogens with zero attached hydrogens (tertiary/aromatic N) is 2. The smallest absolute Gasteiger partial charge is 0.266 e. The summed E-state index contributed by atoms with van der Waals surface area (Å²) in [5.41, 5.74) is 0.328. The number of carbonyl (C=O) groups is 1. The van der Waals surface area contributed by atoms with Crippen LogP contribution in [0, 0.1) is 11.6 Å². The van der Waals surface area contributed by atoms with Crippen molar-refractivity contribution < 1.29 is 13.6 Å². The van der Waals surface area contributed by atoms with Gasteiger partial charge in [0.05, 0.1) is 10.3 Å². The first-order valence-corrected chi connectivity index (χ1v) is 8.02. The number of aromatic nitrogens is 2. The fraction of sp³-hybridized carbons (Fsp3) is 0. The monoisotopic (exact) mass is 357 g/mol. The Morgan fingerprint density at radius 3 is 2.76 bits per heavy atom. The quantitative estimate of drug-likeness (QED) is 0.598. The molecule has 0 spiro atoms. The molecule has 5 nitrogen and oxygen atoms in total. The van der Waals surface area contributed by atoms with Crippen molar-refractivity contribution in [2.75, 3.05) is 5.32 Å². The molecule has 0 saturated carbocycles. The van der Waals surface area contributed by atoms with Crippen LogP contribution in [0.15, 0.2) is 53.5 Å². The van der Waals surface area contributed by atoms with E-state index in [1.54, 1.807) is 24.4 Å². The minimum Gasteiger partial charge on any atom is -0.321 e. The lowest BCUT2D eigenvalue weighted by atomic mass is 10.3. The van der Waals surface area contributed by atoms with Crippen molar-refractivity contribution in [1.82, 2.24) is 9.38 Å². The van der Waals surface area contributed by atoms with Crippen LogP contribution in [0.3, 0.4) is 0 Å². The molecule has 3 heterocycles. The fourth-order valence-corrected chi connectivity index (χ4v) is 3.35. The van der Waals surface area contributed by atoms with Gasteiger partial charge in [0.1, 0.15) is 10.5 Å². The van der Waals surface area contributed by atoms with Crippen molar-refractivity contribution in [2.45, 2.75) is 0 Å². The molecule has 1 aromatic carbocycles. The molecule has 0 radical (unpaired) electrons. The summed E-state index contributed by atoms with van der Waals surface area (Å²) in [6.45, 7) is 0. The van der Waals surface area contributed by atoms with Crippen molar-refractivity contribution in [3.8, 4) is 0 Å². The first kappa shape index (κ1) is 15.4. The second-order valence-corrected chi connectivity index (χ2v) is 6.29. The zero-order valence-electron chi connectivity index (χ0n) is 12.5. The van der Waals surface area contributed by atoms with Crippen molar-refractivity contribution in [3.05, 3.63) is 75.5 Å². The first-order valence-electron chi connectivity index (χ1n) is 7.20. The van der Waals surface area contributed by atoms with E-state index in [1.165, 1.54) is 16.5 Å². The molecule has 0 aliphatic carbocycles. The Kier molecular flexibility index (Phi) is 3.54. The highest BCUT2D eigenvalue weighted by molar-refractivity contribution is 7.20. The molecule has 124 valence electrons. The molecular weight excluding hydrogens is 348 g/mol. The molecule has 3 aromatic heterocycles. The lowest BCUT2D eigenvalue weighted by Gasteiger charge is -2.03. The summed E-state index contributed by atoms with van der Waals surface area (Å²) in [6.07, 6.45) is 1.60. The number of halogens is 2. The molecular formula is C17H9F2N3O2S. The Bertz CT molecular complexity index is 1200. The number of fused-ring (bicyclic) bond motifs is 2. The predicted octanol–water partition coefficient (Wildman–Crippen LogP) is 3.44. The maximum atomic E-state index is 13.2. The molecule has 8 heteroatoms. The van der Waals surface area contributed by atoms with Crippen LogP contribution >= 0.6 is 11.3 Å². The number of carbonyl (C=O) groups excluding carboxylic acids is 1. The molecule has 0 fully saturated rings. The lowest BCUT2D eigenvalue weighted by molar-refractivity contribution is 0.103. The molecule has 0 unspecified atom stereocenters. The first-order chi connectivity index (χ1) is 12.0. The van der Waals surface area contributed by atoms with Crippen LogP contribution in [0.5, 0.6) is 0 Å². The summed E-state index contributed by atoms with van der Waals surface area (Å²) in [4.78, 5) is 29.9. The molecule has 0 bridgehead atoms. The summed E-state index contributed by atoms with van der Waals surface area (Å²) in [7, 11) is 0. The highest BCUT2D eigenvalue weighted by Crippen LogP contribution is 2.23. The maximum absolute atomic E-state index is 13.2. The molecule has 4 rings (SSSR count). The van der Waals surface area contributed by atoms with Gasteiger partial charge >= 0.3 is 0 Å². The minimum atomic E-state index is -1.06. The van der Waals surface area contributed by atoms with E-state index in [2.05, 4.69) is 10.3 Å². The summed E-state index contributed by atoms with van der Waals surface area (Å²) in [5, 5.41) is 2.80. The van der Waals surface area contributed by atoms with E-state index in [4.69, 9.17) is 0 Å². The normalized spacial score (nSPS) is 11.1. The third-order valence-electron chi connectivity index (χ3n) is 3.62. The number of hydrogen-bond donors (Lipinski definition) is 1. The summed E-state index contributed by atoms with van der Waals surface area (Å²) >= 11 is 1.06. The van der Waals surface area contributed by atoms with Gasteiger partial charge in [-0.3, -0.25) is 14.0 Å². The van der Waals surface area contributed by atoms with Crippen LogP contribution in [0.4, 0.5) is 14.5 Å². The topological polar surface area (TPSA) is 63.5 Å². The number of amides is 1. The van der Waals surface area contributed by atoms with Crippen molar-refractivity contribution in [2.24, 2.45) is 0 Å². The minimum absolute atomic E-state index is 0.121. The Balaban J connectivity index is 1.74. The molecule has 25 heavy (non-hydrogen) atoms. The summed E-state index contributed by atoms with van der Waals surface area (Å²) < 4.78 is 27.6. The molecule has 0 aliphatic rings. The van der Waals surface area contributed by atoms with Gasteiger partial charge in [0.15, 0.2) is 11.6 Å². The van der Waals surface area contributed by atoms with Crippen molar-refractivity contribution in [3.63, 3.8) is 0 Å². The summed E-state index contributed by atoms with van der Waals surface area (Å²) in [6, 6.07) is 9.69.